The topological polar surface area (TPSA) is 101 Å². The smallest absolute Gasteiger partial charge is 0.321 e. The zero-order valence-corrected chi connectivity index (χ0v) is 18.8. The molecule has 0 unspecified atom stereocenters. The number of rotatable bonds is 6. The fourth-order valence-electron chi connectivity index (χ4n) is 4.03. The average Bonchev–Trinajstić information content (AvgIpc) is 3.26. The molecule has 1 spiro atoms. The Kier molecular flexibility index (Phi) is 6.67. The summed E-state index contributed by atoms with van der Waals surface area (Å²) < 4.78 is 10.5. The lowest BCUT2D eigenvalue weighted by Gasteiger charge is -2.37. The predicted octanol–water partition coefficient (Wildman–Crippen LogP) is 3.16. The maximum atomic E-state index is 12.6. The largest absolute Gasteiger partial charge is 0.493 e. The maximum absolute atomic E-state index is 12.6. The van der Waals surface area contributed by atoms with Crippen LogP contribution in [-0.4, -0.2) is 55.5 Å². The van der Waals surface area contributed by atoms with Gasteiger partial charge in [0, 0.05) is 44.6 Å². The van der Waals surface area contributed by atoms with Gasteiger partial charge >= 0.3 is 6.03 Å². The van der Waals surface area contributed by atoms with E-state index < -0.39 is 5.60 Å². The van der Waals surface area contributed by atoms with Crippen molar-refractivity contribution >= 4 is 23.3 Å². The molecule has 1 saturated heterocycles. The minimum atomic E-state index is -0.528. The molecule has 3 amide bonds. The number of benzene rings is 2. The summed E-state index contributed by atoms with van der Waals surface area (Å²) in [5, 5.41) is 9.85. The summed E-state index contributed by atoms with van der Waals surface area (Å²) in [5.74, 6) is 0.977. The molecule has 0 bridgehead atoms. The lowest BCUT2D eigenvalue weighted by Crippen LogP contribution is -2.48. The molecule has 174 valence electrons. The summed E-state index contributed by atoms with van der Waals surface area (Å²) in [6.07, 6.45) is 1.66. The molecule has 2 N–H and O–H groups in total. The first kappa shape index (κ1) is 22.4. The van der Waals surface area contributed by atoms with Crippen molar-refractivity contribution in [1.82, 2.24) is 10.2 Å². The van der Waals surface area contributed by atoms with Crippen LogP contribution in [0.3, 0.4) is 0 Å². The summed E-state index contributed by atoms with van der Waals surface area (Å²) >= 11 is 0. The Morgan fingerprint density at radius 3 is 2.48 bits per heavy atom. The quantitative estimate of drug-likeness (QED) is 0.701. The number of amides is 3. The van der Waals surface area contributed by atoms with E-state index in [9.17, 15) is 9.59 Å². The predicted molar refractivity (Wildman–Crippen MR) is 124 cm³/mol. The molecular formula is C24H28N4O5. The van der Waals surface area contributed by atoms with Gasteiger partial charge in [-0.2, -0.15) is 0 Å². The van der Waals surface area contributed by atoms with Gasteiger partial charge in [0.05, 0.1) is 14.2 Å². The van der Waals surface area contributed by atoms with Crippen molar-refractivity contribution in [3.63, 3.8) is 0 Å². The van der Waals surface area contributed by atoms with Gasteiger partial charge in [-0.15, -0.1) is 0 Å². The van der Waals surface area contributed by atoms with E-state index in [2.05, 4.69) is 15.8 Å². The van der Waals surface area contributed by atoms with Gasteiger partial charge in [0.2, 0.25) is 0 Å². The lowest BCUT2D eigenvalue weighted by atomic mass is 9.87. The zero-order valence-electron chi connectivity index (χ0n) is 18.8. The van der Waals surface area contributed by atoms with Crippen molar-refractivity contribution in [2.24, 2.45) is 5.16 Å². The number of nitrogens with zero attached hydrogens (tertiary/aromatic N) is 2. The van der Waals surface area contributed by atoms with Crippen molar-refractivity contribution in [2.75, 3.05) is 32.6 Å². The zero-order chi connectivity index (χ0) is 23.3. The van der Waals surface area contributed by atoms with E-state index in [1.807, 2.05) is 42.5 Å². The fraction of sp³-hybridized carbons (Fsp3) is 0.375. The minimum Gasteiger partial charge on any atom is -0.493 e. The van der Waals surface area contributed by atoms with E-state index in [0.29, 0.717) is 56.1 Å². The lowest BCUT2D eigenvalue weighted by molar-refractivity contribution is -0.115. The molecule has 2 aromatic carbocycles. The first-order chi connectivity index (χ1) is 16.0. The third-order valence-electron chi connectivity index (χ3n) is 5.99. The molecule has 0 saturated carbocycles. The third kappa shape index (κ3) is 5.19. The Balaban J connectivity index is 1.26. The Labute approximate surface area is 192 Å². The number of piperidine rings is 1. The molecule has 0 atom stereocenters. The van der Waals surface area contributed by atoms with E-state index in [-0.39, 0.29) is 11.9 Å². The number of likely N-dealkylation sites (tertiary alicyclic amines) is 1. The van der Waals surface area contributed by atoms with E-state index >= 15 is 0 Å². The molecule has 9 heteroatoms. The Bertz CT molecular complexity index is 1030. The molecule has 0 aromatic heterocycles. The first-order valence-corrected chi connectivity index (χ1v) is 10.9. The van der Waals surface area contributed by atoms with Crippen LogP contribution in [0.1, 0.15) is 24.8 Å². The first-order valence-electron chi connectivity index (χ1n) is 10.9. The van der Waals surface area contributed by atoms with Crippen LogP contribution >= 0.6 is 0 Å². The highest BCUT2D eigenvalue weighted by Crippen LogP contribution is 2.35. The number of hydrogen-bond donors (Lipinski definition) is 2. The molecule has 9 nitrogen and oxygen atoms in total. The van der Waals surface area contributed by atoms with Crippen LogP contribution in [0.15, 0.2) is 53.7 Å². The summed E-state index contributed by atoms with van der Waals surface area (Å²) in [4.78, 5) is 32.6. The number of carbonyl (C=O) groups excluding carboxylic acids is 2. The standard InChI is InChI=1S/C24H28N4O5/c1-31-20-9-8-17(14-21(20)32-2)16-25-22(29)19-15-24(33-27-19)10-12-28(13-11-24)23(30)26-18-6-4-3-5-7-18/h3-9,14H,10-13,15-16H2,1-2H3,(H,25,29)(H,26,30). The van der Waals surface area contributed by atoms with Crippen molar-refractivity contribution < 1.29 is 23.9 Å². The molecule has 2 aliphatic rings. The highest BCUT2D eigenvalue weighted by atomic mass is 16.7. The fourth-order valence-corrected chi connectivity index (χ4v) is 4.03. The molecule has 2 aromatic rings. The van der Waals surface area contributed by atoms with E-state index in [0.717, 1.165) is 11.3 Å². The van der Waals surface area contributed by atoms with Crippen LogP contribution < -0.4 is 20.1 Å². The van der Waals surface area contributed by atoms with Crippen molar-refractivity contribution in [1.29, 1.82) is 0 Å². The number of anilines is 1. The number of methoxy groups -OCH3 is 2. The number of ether oxygens (including phenoxy) is 2. The second-order valence-corrected chi connectivity index (χ2v) is 8.14. The van der Waals surface area contributed by atoms with Crippen LogP contribution in [0, 0.1) is 0 Å². The summed E-state index contributed by atoms with van der Waals surface area (Å²) in [6.45, 7) is 1.40. The second-order valence-electron chi connectivity index (χ2n) is 8.14. The van der Waals surface area contributed by atoms with Gasteiger partial charge in [0.15, 0.2) is 11.5 Å². The van der Waals surface area contributed by atoms with Gasteiger partial charge < -0.3 is 29.8 Å². The van der Waals surface area contributed by atoms with Gasteiger partial charge in [-0.3, -0.25) is 4.79 Å². The molecule has 4 rings (SSSR count). The number of oxime groups is 1. The molecule has 1 fully saturated rings. The monoisotopic (exact) mass is 452 g/mol. The van der Waals surface area contributed by atoms with Crippen LogP contribution in [0.2, 0.25) is 0 Å². The Morgan fingerprint density at radius 2 is 1.79 bits per heavy atom. The number of para-hydroxylation sites is 1. The number of nitrogens with one attached hydrogen (secondary N) is 2. The summed E-state index contributed by atoms with van der Waals surface area (Å²) in [6, 6.07) is 14.7. The molecule has 2 heterocycles. The van der Waals surface area contributed by atoms with Crippen LogP contribution in [0.4, 0.5) is 10.5 Å². The summed E-state index contributed by atoms with van der Waals surface area (Å²) in [7, 11) is 3.15. The minimum absolute atomic E-state index is 0.136. The second kappa shape index (κ2) is 9.81. The highest BCUT2D eigenvalue weighted by Gasteiger charge is 2.44. The number of carbonyl (C=O) groups is 2. The van der Waals surface area contributed by atoms with Crippen LogP contribution in [0.25, 0.3) is 0 Å². The molecule has 0 radical (unpaired) electrons. The SMILES string of the molecule is COc1ccc(CNC(=O)C2=NOC3(CCN(C(=O)Nc4ccccc4)CC3)C2)cc1OC. The Hall–Kier alpha value is -3.75. The molecular weight excluding hydrogens is 424 g/mol. The van der Waals surface area contributed by atoms with Gasteiger partial charge in [-0.1, -0.05) is 29.4 Å². The van der Waals surface area contributed by atoms with Crippen LogP contribution in [-0.2, 0) is 16.2 Å². The van der Waals surface area contributed by atoms with Gasteiger partial charge in [0.25, 0.3) is 5.91 Å². The van der Waals surface area contributed by atoms with Crippen LogP contribution in [0.5, 0.6) is 11.5 Å². The van der Waals surface area contributed by atoms with E-state index in [4.69, 9.17) is 14.3 Å². The van der Waals surface area contributed by atoms with Crippen molar-refractivity contribution in [2.45, 2.75) is 31.4 Å². The molecule has 33 heavy (non-hydrogen) atoms. The van der Waals surface area contributed by atoms with Gasteiger partial charge in [-0.25, -0.2) is 4.79 Å². The summed E-state index contributed by atoms with van der Waals surface area (Å²) in [5.41, 5.74) is 1.49. The van der Waals surface area contributed by atoms with Gasteiger partial charge in [0.1, 0.15) is 11.3 Å². The normalized spacial score (nSPS) is 16.5. The van der Waals surface area contributed by atoms with Gasteiger partial charge in [-0.05, 0) is 29.8 Å². The third-order valence-corrected chi connectivity index (χ3v) is 5.99. The van der Waals surface area contributed by atoms with Crippen molar-refractivity contribution in [3.05, 3.63) is 54.1 Å². The molecule has 2 aliphatic heterocycles. The Morgan fingerprint density at radius 1 is 1.06 bits per heavy atom. The highest BCUT2D eigenvalue weighted by molar-refractivity contribution is 6.39. The number of urea groups is 1. The van der Waals surface area contributed by atoms with E-state index in [1.54, 1.807) is 25.2 Å². The molecule has 0 aliphatic carbocycles. The van der Waals surface area contributed by atoms with Crippen molar-refractivity contribution in [3.8, 4) is 11.5 Å². The average molecular weight is 453 g/mol. The number of hydrogen-bond acceptors (Lipinski definition) is 6. The maximum Gasteiger partial charge on any atom is 0.321 e. The van der Waals surface area contributed by atoms with E-state index in [1.165, 1.54) is 0 Å².